The molecule has 6 rings (SSSR count). The molecule has 3 aliphatic rings. The number of hydrogen-bond donors (Lipinski definition) is 3. The van der Waals surface area contributed by atoms with Crippen LogP contribution in [0.2, 0.25) is 0 Å². The second-order valence-electron chi connectivity index (χ2n) is 11.3. The van der Waals surface area contributed by atoms with Crippen LogP contribution in [-0.4, -0.2) is 87.9 Å². The molecule has 1 saturated heterocycles. The van der Waals surface area contributed by atoms with Crippen molar-refractivity contribution in [2.45, 2.75) is 44.4 Å². The molecule has 2 aliphatic heterocycles. The van der Waals surface area contributed by atoms with E-state index in [-0.39, 0.29) is 41.7 Å². The summed E-state index contributed by atoms with van der Waals surface area (Å²) >= 11 is 0. The summed E-state index contributed by atoms with van der Waals surface area (Å²) in [6.45, 7) is 4.54. The maximum Gasteiger partial charge on any atom is 0.271 e. The summed E-state index contributed by atoms with van der Waals surface area (Å²) < 4.78 is 40.5. The Labute approximate surface area is 259 Å². The second-order valence-corrected chi connectivity index (χ2v) is 11.3. The van der Waals surface area contributed by atoms with Crippen LogP contribution in [0.5, 0.6) is 5.75 Å². The molecule has 0 radical (unpaired) electrons. The predicted octanol–water partition coefficient (Wildman–Crippen LogP) is 3.47. The van der Waals surface area contributed by atoms with E-state index >= 15 is 0 Å². The Morgan fingerprint density at radius 3 is 2.58 bits per heavy atom. The molecule has 3 aromatic rings. The summed E-state index contributed by atoms with van der Waals surface area (Å²) in [7, 11) is 0. The van der Waals surface area contributed by atoms with E-state index in [2.05, 4.69) is 30.8 Å². The summed E-state index contributed by atoms with van der Waals surface area (Å²) in [4.78, 5) is 36.8. The smallest absolute Gasteiger partial charge is 0.271 e. The highest BCUT2D eigenvalue weighted by molar-refractivity contribution is 5.99. The van der Waals surface area contributed by atoms with Crippen molar-refractivity contribution >= 4 is 29.4 Å². The molecule has 4 heterocycles. The van der Waals surface area contributed by atoms with E-state index in [1.165, 1.54) is 24.5 Å². The Kier molecular flexibility index (Phi) is 9.50. The molecule has 14 heteroatoms. The Morgan fingerprint density at radius 1 is 1.04 bits per heavy atom. The third-order valence-electron chi connectivity index (χ3n) is 8.09. The fourth-order valence-electron chi connectivity index (χ4n) is 5.66. The van der Waals surface area contributed by atoms with E-state index in [1.807, 2.05) is 24.3 Å². The molecule has 1 aliphatic carbocycles. The number of fused-ring (bicyclic) bond motifs is 1. The van der Waals surface area contributed by atoms with Crippen molar-refractivity contribution in [2.75, 3.05) is 44.8 Å². The lowest BCUT2D eigenvalue weighted by Crippen LogP contribution is -2.44. The second kappa shape index (κ2) is 14.0. The standard InChI is InChI=1S/C31H36F2N8O4/c32-21-16-26(29(34-18-21)35-24-2-1-3-25(17-24)45-15-12-39-10-13-44-14-11-39)30(42)36-22-4-6-23(7-5-22)37-31(43)27-19-40-20-41(33)9-8-28(40)38-27/h1-3,8-9,16-19,22-23H,4-7,10-15,20H2,(H,34,35)(H,36,42)(H,37,43). The van der Waals surface area contributed by atoms with E-state index in [9.17, 15) is 18.5 Å². The molecule has 2 fully saturated rings. The Balaban J connectivity index is 1.00. The molecule has 238 valence electrons. The first-order valence-corrected chi connectivity index (χ1v) is 15.1. The minimum absolute atomic E-state index is 0.0223. The minimum Gasteiger partial charge on any atom is -0.492 e. The first kappa shape index (κ1) is 30.5. The van der Waals surface area contributed by atoms with Gasteiger partial charge in [0.05, 0.1) is 25.0 Å². The molecule has 1 aromatic carbocycles. The van der Waals surface area contributed by atoms with Gasteiger partial charge in [-0.1, -0.05) is 10.5 Å². The molecule has 0 spiro atoms. The van der Waals surface area contributed by atoms with Gasteiger partial charge in [0.15, 0.2) is 0 Å². The van der Waals surface area contributed by atoms with Gasteiger partial charge in [-0.3, -0.25) is 14.5 Å². The number of halogens is 2. The van der Waals surface area contributed by atoms with Crippen LogP contribution in [0.15, 0.2) is 48.9 Å². The van der Waals surface area contributed by atoms with Crippen molar-refractivity contribution in [3.05, 3.63) is 71.8 Å². The lowest BCUT2D eigenvalue weighted by molar-refractivity contribution is 0.0322. The molecule has 0 unspecified atom stereocenters. The highest BCUT2D eigenvalue weighted by Crippen LogP contribution is 2.25. The summed E-state index contributed by atoms with van der Waals surface area (Å²) in [5.41, 5.74) is 0.970. The number of aromatic nitrogens is 3. The van der Waals surface area contributed by atoms with Crippen LogP contribution in [0.4, 0.5) is 20.4 Å². The Hall–Kier alpha value is -4.56. The number of carbonyl (C=O) groups is 2. The van der Waals surface area contributed by atoms with Crippen molar-refractivity contribution in [3.63, 3.8) is 0 Å². The number of nitrogens with one attached hydrogen (secondary N) is 3. The Bertz CT molecular complexity index is 1540. The maximum atomic E-state index is 14.2. The lowest BCUT2D eigenvalue weighted by atomic mass is 9.91. The van der Waals surface area contributed by atoms with Gasteiger partial charge in [-0.2, -0.15) is 5.12 Å². The van der Waals surface area contributed by atoms with Gasteiger partial charge >= 0.3 is 0 Å². The van der Waals surface area contributed by atoms with E-state index in [0.717, 1.165) is 39.0 Å². The number of amides is 2. The molecule has 2 amide bonds. The molecular formula is C31H36F2N8O4. The van der Waals surface area contributed by atoms with Crippen LogP contribution < -0.4 is 20.7 Å². The summed E-state index contributed by atoms with van der Waals surface area (Å²) in [5, 5.41) is 9.64. The van der Waals surface area contributed by atoms with E-state index in [1.54, 1.807) is 4.57 Å². The Morgan fingerprint density at radius 2 is 1.80 bits per heavy atom. The number of pyridine rings is 1. The van der Waals surface area contributed by atoms with Gasteiger partial charge in [-0.15, -0.1) is 0 Å². The number of rotatable bonds is 10. The zero-order valence-corrected chi connectivity index (χ0v) is 24.8. The zero-order chi connectivity index (χ0) is 31.2. The number of carbonyl (C=O) groups excluding carboxylic acids is 2. The van der Waals surface area contributed by atoms with Gasteiger partial charge < -0.3 is 30.0 Å². The van der Waals surface area contributed by atoms with Crippen molar-refractivity contribution in [3.8, 4) is 5.75 Å². The van der Waals surface area contributed by atoms with Crippen LogP contribution in [-0.2, 0) is 11.4 Å². The van der Waals surface area contributed by atoms with Crippen molar-refractivity contribution in [2.24, 2.45) is 0 Å². The molecule has 3 N–H and O–H groups in total. The lowest BCUT2D eigenvalue weighted by Gasteiger charge is -2.29. The zero-order valence-electron chi connectivity index (χ0n) is 24.8. The fourth-order valence-corrected chi connectivity index (χ4v) is 5.66. The van der Waals surface area contributed by atoms with E-state index < -0.39 is 11.7 Å². The first-order valence-electron chi connectivity index (χ1n) is 15.1. The monoisotopic (exact) mass is 622 g/mol. The van der Waals surface area contributed by atoms with Crippen LogP contribution in [0, 0.1) is 5.82 Å². The predicted molar refractivity (Wildman–Crippen MR) is 162 cm³/mol. The highest BCUT2D eigenvalue weighted by atomic mass is 19.2. The van der Waals surface area contributed by atoms with Crippen LogP contribution in [0.25, 0.3) is 6.08 Å². The number of benzene rings is 1. The van der Waals surface area contributed by atoms with Gasteiger partial charge in [-0.05, 0) is 50.0 Å². The van der Waals surface area contributed by atoms with Gasteiger partial charge in [-0.25, -0.2) is 14.4 Å². The van der Waals surface area contributed by atoms with Crippen LogP contribution in [0.1, 0.15) is 52.4 Å². The number of imidazole rings is 1. The van der Waals surface area contributed by atoms with Gasteiger partial charge in [0.1, 0.15) is 42.2 Å². The third kappa shape index (κ3) is 7.94. The molecular weight excluding hydrogens is 586 g/mol. The largest absolute Gasteiger partial charge is 0.492 e. The number of ether oxygens (including phenoxy) is 2. The fraction of sp³-hybridized carbons (Fsp3) is 0.419. The van der Waals surface area contributed by atoms with E-state index in [4.69, 9.17) is 9.47 Å². The molecule has 12 nitrogen and oxygen atoms in total. The third-order valence-corrected chi connectivity index (χ3v) is 8.09. The summed E-state index contributed by atoms with van der Waals surface area (Å²) in [5.74, 6) is 0.0363. The van der Waals surface area contributed by atoms with Gasteiger partial charge in [0.25, 0.3) is 11.8 Å². The minimum atomic E-state index is -0.618. The quantitative estimate of drug-likeness (QED) is 0.292. The topological polar surface area (TPSA) is 126 Å². The average molecular weight is 623 g/mol. The average Bonchev–Trinajstić information content (AvgIpc) is 3.47. The molecule has 0 bridgehead atoms. The SMILES string of the molecule is O=C(NC1CCC(NC(=O)c2cc(F)cnc2Nc2cccc(OCCN3CCOCC3)c2)CC1)c1cn2c(n1)C=CN(F)C2. The van der Waals surface area contributed by atoms with Crippen molar-refractivity contribution in [1.29, 1.82) is 0 Å². The van der Waals surface area contributed by atoms with Crippen molar-refractivity contribution in [1.82, 2.24) is 35.2 Å². The van der Waals surface area contributed by atoms with Crippen LogP contribution >= 0.6 is 0 Å². The molecule has 0 atom stereocenters. The van der Waals surface area contributed by atoms with Crippen LogP contribution in [0.3, 0.4) is 0 Å². The van der Waals surface area contributed by atoms with Gasteiger partial charge in [0.2, 0.25) is 0 Å². The molecule has 1 saturated carbocycles. The normalized spacial score (nSPS) is 19.9. The summed E-state index contributed by atoms with van der Waals surface area (Å²) in [6, 6.07) is 8.26. The number of hydrogen-bond acceptors (Lipinski definition) is 9. The number of morpholine rings is 1. The maximum absolute atomic E-state index is 14.2. The summed E-state index contributed by atoms with van der Waals surface area (Å²) in [6.07, 6.45) is 7.92. The molecule has 2 aromatic heterocycles. The number of nitrogens with zero attached hydrogens (tertiary/aromatic N) is 5. The van der Waals surface area contributed by atoms with E-state index in [0.29, 0.717) is 54.7 Å². The van der Waals surface area contributed by atoms with Gasteiger partial charge in [0, 0.05) is 55.9 Å². The molecule has 45 heavy (non-hydrogen) atoms. The first-order chi connectivity index (χ1) is 21.9. The highest BCUT2D eigenvalue weighted by Gasteiger charge is 2.27. The number of anilines is 2. The van der Waals surface area contributed by atoms with Crippen molar-refractivity contribution < 1.29 is 27.9 Å².